The zero-order valence-electron chi connectivity index (χ0n) is 21.4. The second-order valence-corrected chi connectivity index (χ2v) is 9.16. The van der Waals surface area contributed by atoms with Crippen molar-refractivity contribution < 1.29 is 28.2 Å². The summed E-state index contributed by atoms with van der Waals surface area (Å²) in [5.41, 5.74) is 3.43. The standard InChI is InChI=1S/C28H36FN3O5/c1-34-15-5-12-31(18-25(33)21-36-20-22-6-3-2-4-7-22)19-26-27(23-8-10-24(29)11-9-23)30-37-28(26)32-13-16-35-17-14-32/h2-4,6-11,25,33H,5,12-21H2,1H3. The summed E-state index contributed by atoms with van der Waals surface area (Å²) in [5, 5.41) is 15.2. The SMILES string of the molecule is COCCCN(Cc1c(-c2ccc(F)cc2)noc1N1CCOCC1)CC(O)COCc1ccccc1. The zero-order valence-corrected chi connectivity index (χ0v) is 21.4. The van der Waals surface area contributed by atoms with Crippen molar-refractivity contribution in [3.05, 3.63) is 71.5 Å². The average Bonchev–Trinajstić information content (AvgIpc) is 3.33. The molecule has 0 radical (unpaired) electrons. The summed E-state index contributed by atoms with van der Waals surface area (Å²) in [4.78, 5) is 4.30. The van der Waals surface area contributed by atoms with E-state index in [1.54, 1.807) is 19.2 Å². The summed E-state index contributed by atoms with van der Waals surface area (Å²) in [5.74, 6) is 0.385. The van der Waals surface area contributed by atoms with E-state index in [4.69, 9.17) is 18.7 Å². The third-order valence-corrected chi connectivity index (χ3v) is 6.28. The number of benzene rings is 2. The van der Waals surface area contributed by atoms with E-state index < -0.39 is 6.10 Å². The first-order chi connectivity index (χ1) is 18.1. The monoisotopic (exact) mass is 513 g/mol. The molecule has 0 saturated carbocycles. The van der Waals surface area contributed by atoms with Gasteiger partial charge in [-0.25, -0.2) is 4.39 Å². The van der Waals surface area contributed by atoms with Gasteiger partial charge in [0.1, 0.15) is 11.5 Å². The van der Waals surface area contributed by atoms with E-state index in [0.717, 1.165) is 23.1 Å². The topological polar surface area (TPSA) is 80.4 Å². The summed E-state index contributed by atoms with van der Waals surface area (Å²) in [6, 6.07) is 16.2. The Morgan fingerprint density at radius 2 is 1.86 bits per heavy atom. The molecule has 3 aromatic rings. The van der Waals surface area contributed by atoms with Gasteiger partial charge in [0.15, 0.2) is 0 Å². The molecule has 0 spiro atoms. The molecule has 0 aliphatic carbocycles. The molecule has 2 aromatic carbocycles. The largest absolute Gasteiger partial charge is 0.389 e. The molecule has 1 N–H and O–H groups in total. The van der Waals surface area contributed by atoms with E-state index in [0.29, 0.717) is 70.7 Å². The molecule has 1 saturated heterocycles. The second kappa shape index (κ2) is 14.2. The molecule has 37 heavy (non-hydrogen) atoms. The predicted octanol–water partition coefficient (Wildman–Crippen LogP) is 3.73. The summed E-state index contributed by atoms with van der Waals surface area (Å²) < 4.78 is 36.0. The number of hydrogen-bond donors (Lipinski definition) is 1. The van der Waals surface area contributed by atoms with Gasteiger partial charge in [-0.1, -0.05) is 35.5 Å². The Bertz CT molecular complexity index is 1060. The fraction of sp³-hybridized carbons (Fsp3) is 0.464. The van der Waals surface area contributed by atoms with Gasteiger partial charge in [0.05, 0.1) is 38.1 Å². The van der Waals surface area contributed by atoms with Gasteiger partial charge in [0.25, 0.3) is 0 Å². The Morgan fingerprint density at radius 1 is 1.11 bits per heavy atom. The second-order valence-electron chi connectivity index (χ2n) is 9.16. The molecule has 9 heteroatoms. The van der Waals surface area contributed by atoms with Crippen LogP contribution in [0.3, 0.4) is 0 Å². The predicted molar refractivity (Wildman–Crippen MR) is 139 cm³/mol. The smallest absolute Gasteiger partial charge is 0.232 e. The summed E-state index contributed by atoms with van der Waals surface area (Å²) in [7, 11) is 1.68. The van der Waals surface area contributed by atoms with E-state index in [1.807, 2.05) is 30.3 Å². The van der Waals surface area contributed by atoms with Crippen molar-refractivity contribution >= 4 is 5.88 Å². The highest BCUT2D eigenvalue weighted by molar-refractivity contribution is 5.68. The van der Waals surface area contributed by atoms with Crippen LogP contribution in [0.25, 0.3) is 11.3 Å². The Balaban J connectivity index is 1.50. The molecule has 200 valence electrons. The number of ether oxygens (including phenoxy) is 3. The van der Waals surface area contributed by atoms with Crippen LogP contribution in [0, 0.1) is 5.82 Å². The highest BCUT2D eigenvalue weighted by Gasteiger charge is 2.26. The Morgan fingerprint density at radius 3 is 2.59 bits per heavy atom. The molecule has 4 rings (SSSR count). The fourth-order valence-electron chi connectivity index (χ4n) is 4.42. The van der Waals surface area contributed by atoms with E-state index in [-0.39, 0.29) is 12.4 Å². The van der Waals surface area contributed by atoms with Gasteiger partial charge in [0, 0.05) is 52.0 Å². The molecule has 1 fully saturated rings. The van der Waals surface area contributed by atoms with Gasteiger partial charge < -0.3 is 28.7 Å². The van der Waals surface area contributed by atoms with Crippen LogP contribution in [0.2, 0.25) is 0 Å². The van der Waals surface area contributed by atoms with Crippen LogP contribution in [0.5, 0.6) is 0 Å². The first-order valence-electron chi connectivity index (χ1n) is 12.7. The van der Waals surface area contributed by atoms with Crippen molar-refractivity contribution in [2.75, 3.05) is 64.6 Å². The van der Waals surface area contributed by atoms with Gasteiger partial charge in [-0.15, -0.1) is 0 Å². The minimum absolute atomic E-state index is 0.223. The minimum Gasteiger partial charge on any atom is -0.389 e. The number of hydrogen-bond acceptors (Lipinski definition) is 8. The lowest BCUT2D eigenvalue weighted by Gasteiger charge is -2.29. The van der Waals surface area contributed by atoms with Crippen LogP contribution in [-0.2, 0) is 27.4 Å². The summed E-state index contributed by atoms with van der Waals surface area (Å²) in [6.45, 7) is 5.53. The number of aromatic nitrogens is 1. The molecule has 2 heterocycles. The Hall–Kier alpha value is -2.82. The number of halogens is 1. The number of rotatable bonds is 14. The first kappa shape index (κ1) is 27.2. The third-order valence-electron chi connectivity index (χ3n) is 6.28. The lowest BCUT2D eigenvalue weighted by atomic mass is 10.1. The molecule has 1 aliphatic heterocycles. The molecule has 1 unspecified atom stereocenters. The highest BCUT2D eigenvalue weighted by Crippen LogP contribution is 2.33. The number of methoxy groups -OCH3 is 1. The Labute approximate surface area is 217 Å². The quantitative estimate of drug-likeness (QED) is 0.327. The number of nitrogens with zero attached hydrogens (tertiary/aromatic N) is 3. The molecule has 0 bridgehead atoms. The number of morpholine rings is 1. The van der Waals surface area contributed by atoms with Crippen LogP contribution in [0.15, 0.2) is 59.1 Å². The van der Waals surface area contributed by atoms with Gasteiger partial charge >= 0.3 is 0 Å². The van der Waals surface area contributed by atoms with E-state index >= 15 is 0 Å². The number of anilines is 1. The van der Waals surface area contributed by atoms with E-state index in [1.165, 1.54) is 12.1 Å². The average molecular weight is 514 g/mol. The number of aliphatic hydroxyl groups is 1. The van der Waals surface area contributed by atoms with E-state index in [9.17, 15) is 9.50 Å². The third kappa shape index (κ3) is 8.08. The van der Waals surface area contributed by atoms with Crippen molar-refractivity contribution in [1.82, 2.24) is 10.1 Å². The zero-order chi connectivity index (χ0) is 25.9. The molecular formula is C28H36FN3O5. The molecular weight excluding hydrogens is 477 g/mol. The maximum Gasteiger partial charge on any atom is 0.232 e. The van der Waals surface area contributed by atoms with Gasteiger partial charge in [-0.05, 0) is 36.2 Å². The fourth-order valence-corrected chi connectivity index (χ4v) is 4.42. The maximum atomic E-state index is 13.6. The maximum absolute atomic E-state index is 13.6. The highest BCUT2D eigenvalue weighted by atomic mass is 19.1. The van der Waals surface area contributed by atoms with Crippen LogP contribution in [0.4, 0.5) is 10.3 Å². The first-order valence-corrected chi connectivity index (χ1v) is 12.7. The lowest BCUT2D eigenvalue weighted by molar-refractivity contribution is 0.00739. The van der Waals surface area contributed by atoms with Gasteiger partial charge in [0.2, 0.25) is 5.88 Å². The van der Waals surface area contributed by atoms with Crippen LogP contribution < -0.4 is 4.90 Å². The molecule has 1 aromatic heterocycles. The summed E-state index contributed by atoms with van der Waals surface area (Å²) in [6.07, 6.45) is 0.130. The van der Waals surface area contributed by atoms with Crippen LogP contribution in [-0.4, -0.2) is 81.0 Å². The Kier molecular flexibility index (Phi) is 10.5. The molecule has 1 atom stereocenters. The molecule has 8 nitrogen and oxygen atoms in total. The normalized spacial score (nSPS) is 14.9. The van der Waals surface area contributed by atoms with Crippen molar-refractivity contribution in [3.63, 3.8) is 0 Å². The van der Waals surface area contributed by atoms with Crippen molar-refractivity contribution in [2.24, 2.45) is 0 Å². The molecule has 0 amide bonds. The number of aliphatic hydroxyl groups excluding tert-OH is 1. The van der Waals surface area contributed by atoms with Crippen molar-refractivity contribution in [1.29, 1.82) is 0 Å². The van der Waals surface area contributed by atoms with Crippen molar-refractivity contribution in [3.8, 4) is 11.3 Å². The summed E-state index contributed by atoms with van der Waals surface area (Å²) >= 11 is 0. The van der Waals surface area contributed by atoms with Crippen LogP contribution >= 0.6 is 0 Å². The van der Waals surface area contributed by atoms with E-state index in [2.05, 4.69) is 15.0 Å². The van der Waals surface area contributed by atoms with Gasteiger partial charge in [-0.3, -0.25) is 4.90 Å². The van der Waals surface area contributed by atoms with Gasteiger partial charge in [-0.2, -0.15) is 0 Å². The minimum atomic E-state index is -0.674. The van der Waals surface area contributed by atoms with Crippen LogP contribution in [0.1, 0.15) is 17.5 Å². The molecule has 1 aliphatic rings. The van der Waals surface area contributed by atoms with Crippen molar-refractivity contribution in [2.45, 2.75) is 25.7 Å². The lowest BCUT2D eigenvalue weighted by Crippen LogP contribution is -2.38.